The SMILES string of the molecule is CCCCCCCCCCCCCCCCCCCCCCCCCCCC(=O)OCC(COC(=O)CCCCCCCCCCCC)OC(=O)CCCCCCCCCCCCCCCCCCCCCCCCCC. The monoisotopic (exact) mass is 1090 g/mol. The number of hydrogen-bond donors (Lipinski definition) is 0. The fourth-order valence-electron chi connectivity index (χ4n) is 11.3. The molecule has 0 aliphatic heterocycles. The van der Waals surface area contributed by atoms with Gasteiger partial charge < -0.3 is 14.2 Å². The Balaban J connectivity index is 4.11. The lowest BCUT2D eigenvalue weighted by molar-refractivity contribution is -0.167. The Labute approximate surface area is 482 Å². The Morgan fingerprint density at radius 3 is 0.519 bits per heavy atom. The second-order valence-corrected chi connectivity index (χ2v) is 24.5. The highest BCUT2D eigenvalue weighted by Gasteiger charge is 2.19. The van der Waals surface area contributed by atoms with Gasteiger partial charge in [-0.3, -0.25) is 14.4 Å². The van der Waals surface area contributed by atoms with E-state index in [4.69, 9.17) is 14.2 Å². The van der Waals surface area contributed by atoms with E-state index >= 15 is 0 Å². The van der Waals surface area contributed by atoms with Crippen LogP contribution in [0.2, 0.25) is 0 Å². The van der Waals surface area contributed by atoms with Crippen LogP contribution in [0.1, 0.15) is 419 Å². The maximum atomic E-state index is 12.9. The van der Waals surface area contributed by atoms with Gasteiger partial charge in [0.05, 0.1) is 0 Å². The van der Waals surface area contributed by atoms with Crippen LogP contribution >= 0.6 is 0 Å². The molecule has 0 aliphatic carbocycles. The van der Waals surface area contributed by atoms with Crippen molar-refractivity contribution < 1.29 is 28.6 Å². The zero-order valence-corrected chi connectivity index (χ0v) is 52.8. The van der Waals surface area contributed by atoms with Gasteiger partial charge in [-0.25, -0.2) is 0 Å². The molecule has 0 radical (unpaired) electrons. The summed E-state index contributed by atoms with van der Waals surface area (Å²) in [7, 11) is 0. The molecule has 0 bridgehead atoms. The summed E-state index contributed by atoms with van der Waals surface area (Å²) in [5.74, 6) is -0.824. The predicted octanol–water partition coefficient (Wildman–Crippen LogP) is 24.2. The van der Waals surface area contributed by atoms with Crippen molar-refractivity contribution in [3.63, 3.8) is 0 Å². The molecule has 0 spiro atoms. The topological polar surface area (TPSA) is 78.9 Å². The van der Waals surface area contributed by atoms with Crippen LogP contribution in [-0.4, -0.2) is 37.2 Å². The van der Waals surface area contributed by atoms with Gasteiger partial charge in [-0.15, -0.1) is 0 Å². The number of carbonyl (C=O) groups excluding carboxylic acids is 3. The third-order valence-electron chi connectivity index (χ3n) is 16.6. The van der Waals surface area contributed by atoms with Crippen molar-refractivity contribution in [1.29, 1.82) is 0 Å². The normalized spacial score (nSPS) is 11.9. The van der Waals surface area contributed by atoms with E-state index < -0.39 is 6.10 Å². The van der Waals surface area contributed by atoms with Crippen LogP contribution in [-0.2, 0) is 28.6 Å². The second kappa shape index (κ2) is 66.9. The van der Waals surface area contributed by atoms with Crippen LogP contribution in [0.5, 0.6) is 0 Å². The molecule has 0 heterocycles. The van der Waals surface area contributed by atoms with E-state index in [2.05, 4.69) is 20.8 Å². The average molecular weight is 1090 g/mol. The highest BCUT2D eigenvalue weighted by Crippen LogP contribution is 2.20. The first-order valence-electron chi connectivity index (χ1n) is 35.5. The van der Waals surface area contributed by atoms with Crippen LogP contribution in [0.3, 0.4) is 0 Å². The minimum atomic E-state index is -0.762. The summed E-state index contributed by atoms with van der Waals surface area (Å²) < 4.78 is 17.0. The molecular formula is C71H138O6. The number of hydrogen-bond acceptors (Lipinski definition) is 6. The first-order valence-corrected chi connectivity index (χ1v) is 35.5. The van der Waals surface area contributed by atoms with E-state index in [0.717, 1.165) is 57.8 Å². The summed E-state index contributed by atoms with van der Waals surface area (Å²) >= 11 is 0. The number of unbranched alkanes of at least 4 members (excludes halogenated alkanes) is 56. The molecule has 0 aromatic heterocycles. The zero-order chi connectivity index (χ0) is 55.7. The van der Waals surface area contributed by atoms with Crippen molar-refractivity contribution in [2.45, 2.75) is 425 Å². The van der Waals surface area contributed by atoms with Crippen LogP contribution < -0.4 is 0 Å². The summed E-state index contributed by atoms with van der Waals surface area (Å²) in [5, 5.41) is 0. The van der Waals surface area contributed by atoms with Crippen molar-refractivity contribution >= 4 is 17.9 Å². The maximum Gasteiger partial charge on any atom is 0.306 e. The first kappa shape index (κ1) is 75.4. The Kier molecular flexibility index (Phi) is 65.5. The minimum Gasteiger partial charge on any atom is -0.462 e. The number of esters is 3. The van der Waals surface area contributed by atoms with Crippen LogP contribution in [0.15, 0.2) is 0 Å². The van der Waals surface area contributed by atoms with Gasteiger partial charge in [0.15, 0.2) is 6.10 Å². The molecule has 0 aromatic carbocycles. The molecule has 0 aromatic rings. The van der Waals surface area contributed by atoms with Gasteiger partial charge in [0.2, 0.25) is 0 Å². The average Bonchev–Trinajstić information content (AvgIpc) is 3.43. The lowest BCUT2D eigenvalue weighted by atomic mass is 10.0. The van der Waals surface area contributed by atoms with E-state index in [1.807, 2.05) is 0 Å². The minimum absolute atomic E-state index is 0.0605. The fourth-order valence-corrected chi connectivity index (χ4v) is 11.3. The van der Waals surface area contributed by atoms with Gasteiger partial charge in [-0.2, -0.15) is 0 Å². The molecule has 0 rings (SSSR count). The molecule has 0 fully saturated rings. The van der Waals surface area contributed by atoms with Crippen molar-refractivity contribution in [2.24, 2.45) is 0 Å². The molecule has 0 aliphatic rings. The molecule has 0 N–H and O–H groups in total. The van der Waals surface area contributed by atoms with Crippen molar-refractivity contribution in [3.05, 3.63) is 0 Å². The van der Waals surface area contributed by atoms with Gasteiger partial charge in [0.1, 0.15) is 13.2 Å². The third-order valence-corrected chi connectivity index (χ3v) is 16.6. The van der Waals surface area contributed by atoms with Crippen LogP contribution in [0, 0.1) is 0 Å². The molecule has 458 valence electrons. The molecule has 0 amide bonds. The molecule has 1 unspecified atom stereocenters. The summed E-state index contributed by atoms with van der Waals surface area (Å²) in [6, 6.07) is 0. The van der Waals surface area contributed by atoms with E-state index in [1.165, 1.54) is 321 Å². The molecule has 0 saturated carbocycles. The van der Waals surface area contributed by atoms with E-state index in [1.54, 1.807) is 0 Å². The zero-order valence-electron chi connectivity index (χ0n) is 52.8. The summed E-state index contributed by atoms with van der Waals surface area (Å²) in [6.45, 7) is 6.73. The highest BCUT2D eigenvalue weighted by molar-refractivity contribution is 5.71. The Morgan fingerprint density at radius 1 is 0.208 bits per heavy atom. The number of ether oxygens (including phenoxy) is 3. The van der Waals surface area contributed by atoms with Gasteiger partial charge >= 0.3 is 17.9 Å². The summed E-state index contributed by atoms with van der Waals surface area (Å²) in [4.78, 5) is 38.3. The second-order valence-electron chi connectivity index (χ2n) is 24.5. The summed E-state index contributed by atoms with van der Waals surface area (Å²) in [6.07, 6.45) is 78.6. The van der Waals surface area contributed by atoms with E-state index in [0.29, 0.717) is 19.3 Å². The summed E-state index contributed by atoms with van der Waals surface area (Å²) in [5.41, 5.74) is 0. The van der Waals surface area contributed by atoms with E-state index in [9.17, 15) is 14.4 Å². The Morgan fingerprint density at radius 2 is 0.351 bits per heavy atom. The van der Waals surface area contributed by atoms with Crippen LogP contribution in [0.4, 0.5) is 0 Å². The van der Waals surface area contributed by atoms with Crippen molar-refractivity contribution in [1.82, 2.24) is 0 Å². The van der Waals surface area contributed by atoms with Crippen LogP contribution in [0.25, 0.3) is 0 Å². The number of rotatable bonds is 67. The molecule has 6 nitrogen and oxygen atoms in total. The lowest BCUT2D eigenvalue weighted by Crippen LogP contribution is -2.30. The lowest BCUT2D eigenvalue weighted by Gasteiger charge is -2.18. The van der Waals surface area contributed by atoms with E-state index in [-0.39, 0.29) is 31.1 Å². The molecule has 77 heavy (non-hydrogen) atoms. The standard InChI is InChI=1S/C71H138O6/c1-4-7-10-13-16-19-22-24-26-28-30-32-34-36-38-39-41-43-45-47-49-52-55-58-61-64-70(73)76-67-68(66-75-69(72)63-60-57-54-51-21-18-15-12-9-6-3)77-71(74)65-62-59-56-53-50-48-46-44-42-40-37-35-33-31-29-27-25-23-20-17-14-11-8-5-2/h68H,4-67H2,1-3H3. The Hall–Kier alpha value is -1.59. The quantitative estimate of drug-likeness (QED) is 0.0343. The third kappa shape index (κ3) is 65.1. The molecule has 6 heteroatoms. The predicted molar refractivity (Wildman–Crippen MR) is 335 cm³/mol. The van der Waals surface area contributed by atoms with Crippen molar-refractivity contribution in [2.75, 3.05) is 13.2 Å². The van der Waals surface area contributed by atoms with Crippen molar-refractivity contribution in [3.8, 4) is 0 Å². The largest absolute Gasteiger partial charge is 0.462 e. The molecule has 1 atom stereocenters. The first-order chi connectivity index (χ1) is 38.0. The molecular weight excluding hydrogens is 949 g/mol. The fraction of sp³-hybridized carbons (Fsp3) is 0.958. The van der Waals surface area contributed by atoms with Gasteiger partial charge in [0.25, 0.3) is 0 Å². The highest BCUT2D eigenvalue weighted by atomic mass is 16.6. The molecule has 0 saturated heterocycles. The maximum absolute atomic E-state index is 12.9. The Bertz CT molecular complexity index is 1160. The van der Waals surface area contributed by atoms with Gasteiger partial charge in [-0.1, -0.05) is 380 Å². The smallest absolute Gasteiger partial charge is 0.306 e. The van der Waals surface area contributed by atoms with Gasteiger partial charge in [-0.05, 0) is 19.3 Å². The van der Waals surface area contributed by atoms with Gasteiger partial charge in [0, 0.05) is 19.3 Å². The number of carbonyl (C=O) groups is 3.